The summed E-state index contributed by atoms with van der Waals surface area (Å²) in [5.41, 5.74) is 5.36. The van der Waals surface area contributed by atoms with E-state index in [-0.39, 0.29) is 32.3 Å². The second-order valence-electron chi connectivity index (χ2n) is 14.2. The van der Waals surface area contributed by atoms with Gasteiger partial charge in [-0.1, -0.05) is 194 Å². The van der Waals surface area contributed by atoms with E-state index in [1.807, 2.05) is 0 Å². The fourth-order valence-electron chi connectivity index (χ4n) is 6.17. The van der Waals surface area contributed by atoms with E-state index in [0.717, 1.165) is 32.1 Å². The second kappa shape index (κ2) is 38.7. The van der Waals surface area contributed by atoms with Crippen molar-refractivity contribution in [3.05, 3.63) is 0 Å². The maximum absolute atomic E-state index is 12.6. The third-order valence-electron chi connectivity index (χ3n) is 9.27. The first kappa shape index (κ1) is 48.5. The van der Waals surface area contributed by atoms with Gasteiger partial charge in [0.15, 0.2) is 0 Å². The molecule has 0 aliphatic rings. The largest absolute Gasteiger partial charge is 0.472 e. The van der Waals surface area contributed by atoms with Crippen LogP contribution in [-0.4, -0.2) is 49.9 Å². The summed E-state index contributed by atoms with van der Waals surface area (Å²) in [5.74, 6) is -0.324. The molecule has 0 heterocycles. The highest BCUT2D eigenvalue weighted by Crippen LogP contribution is 2.43. The molecule has 0 saturated heterocycles. The molecular weight excluding hydrogens is 637 g/mol. The van der Waals surface area contributed by atoms with Crippen LogP contribution in [0.15, 0.2) is 0 Å². The van der Waals surface area contributed by atoms with Gasteiger partial charge >= 0.3 is 13.8 Å². The van der Waals surface area contributed by atoms with Crippen LogP contribution in [0.5, 0.6) is 0 Å². The number of ether oxygens (including phenoxy) is 2. The summed E-state index contributed by atoms with van der Waals surface area (Å²) in [7, 11) is -4.26. The molecule has 294 valence electrons. The van der Waals surface area contributed by atoms with E-state index in [2.05, 4.69) is 13.8 Å². The van der Waals surface area contributed by atoms with Gasteiger partial charge in [-0.3, -0.25) is 13.8 Å². The highest BCUT2D eigenvalue weighted by molar-refractivity contribution is 7.47. The van der Waals surface area contributed by atoms with E-state index in [9.17, 15) is 14.3 Å². The van der Waals surface area contributed by atoms with Gasteiger partial charge in [0.1, 0.15) is 6.10 Å². The smallest absolute Gasteiger partial charge is 0.457 e. The molecule has 0 spiro atoms. The lowest BCUT2D eigenvalue weighted by Gasteiger charge is -2.20. The summed E-state index contributed by atoms with van der Waals surface area (Å²) in [6.07, 6.45) is 38.2. The van der Waals surface area contributed by atoms with Gasteiger partial charge in [-0.25, -0.2) is 4.57 Å². The topological polar surface area (TPSA) is 117 Å². The number of hydrogen-bond donors (Lipinski definition) is 2. The Morgan fingerprint density at radius 2 is 0.898 bits per heavy atom. The Morgan fingerprint density at radius 1 is 0.531 bits per heavy atom. The van der Waals surface area contributed by atoms with Crippen LogP contribution >= 0.6 is 7.82 Å². The lowest BCUT2D eigenvalue weighted by atomic mass is 10.0. The van der Waals surface area contributed by atoms with E-state index in [0.29, 0.717) is 13.0 Å². The molecule has 0 amide bonds. The molecule has 3 N–H and O–H groups in total. The number of phosphoric acid groups is 1. The van der Waals surface area contributed by atoms with Crippen molar-refractivity contribution >= 4 is 13.8 Å². The summed E-state index contributed by atoms with van der Waals surface area (Å²) in [6.45, 7) is 4.98. The SMILES string of the molecule is CCCCCCCCCCCCCCCCCCC(=O)OC(COCCCCCCCCCCCCCCCC)COP(=O)(O)OCCN. The molecule has 49 heavy (non-hydrogen) atoms. The van der Waals surface area contributed by atoms with Gasteiger partial charge < -0.3 is 20.1 Å². The van der Waals surface area contributed by atoms with Crippen LogP contribution in [0.2, 0.25) is 0 Å². The highest BCUT2D eigenvalue weighted by atomic mass is 31.2. The first-order chi connectivity index (χ1) is 23.9. The minimum atomic E-state index is -4.26. The molecule has 0 rings (SSSR count). The maximum Gasteiger partial charge on any atom is 0.472 e. The normalized spacial score (nSPS) is 13.5. The van der Waals surface area contributed by atoms with Crippen LogP contribution in [0.25, 0.3) is 0 Å². The Kier molecular flexibility index (Phi) is 38.3. The highest BCUT2D eigenvalue weighted by Gasteiger charge is 2.25. The monoisotopic (exact) mass is 720 g/mol. The van der Waals surface area contributed by atoms with Crippen molar-refractivity contribution in [1.82, 2.24) is 0 Å². The summed E-state index contributed by atoms with van der Waals surface area (Å²) in [6, 6.07) is 0. The number of carbonyl (C=O) groups excluding carboxylic acids is 1. The average Bonchev–Trinajstić information content (AvgIpc) is 3.09. The molecule has 2 atom stereocenters. The van der Waals surface area contributed by atoms with Gasteiger partial charge in [-0.2, -0.15) is 0 Å². The average molecular weight is 720 g/mol. The molecule has 0 saturated carbocycles. The van der Waals surface area contributed by atoms with Crippen LogP contribution in [-0.2, 0) is 27.9 Å². The Hall–Kier alpha value is -0.500. The van der Waals surface area contributed by atoms with Crippen molar-refractivity contribution < 1.29 is 32.8 Å². The zero-order chi connectivity index (χ0) is 35.9. The fraction of sp³-hybridized carbons (Fsp3) is 0.975. The van der Waals surface area contributed by atoms with Crippen LogP contribution < -0.4 is 5.73 Å². The van der Waals surface area contributed by atoms with Gasteiger partial charge in [-0.05, 0) is 12.8 Å². The lowest BCUT2D eigenvalue weighted by molar-refractivity contribution is -0.154. The van der Waals surface area contributed by atoms with Crippen LogP contribution in [0.1, 0.15) is 213 Å². The van der Waals surface area contributed by atoms with Gasteiger partial charge in [0, 0.05) is 19.6 Å². The number of carbonyl (C=O) groups is 1. The molecule has 9 heteroatoms. The maximum atomic E-state index is 12.6. The number of nitrogens with two attached hydrogens (primary N) is 1. The van der Waals surface area contributed by atoms with E-state index < -0.39 is 13.9 Å². The van der Waals surface area contributed by atoms with Gasteiger partial charge in [-0.15, -0.1) is 0 Å². The standard InChI is InChI=1S/C40H82NO7P/c1-3-5-7-9-11-13-15-17-19-20-21-23-25-27-29-31-33-40(42)48-39(38-47-49(43,44)46-36-34-41)37-45-35-32-30-28-26-24-22-18-16-14-12-10-8-6-4-2/h39H,3-38,41H2,1-2H3,(H,43,44). The van der Waals surface area contributed by atoms with E-state index >= 15 is 0 Å². The van der Waals surface area contributed by atoms with Crippen LogP contribution in [0.4, 0.5) is 0 Å². The quantitative estimate of drug-likeness (QED) is 0.0364. The van der Waals surface area contributed by atoms with Crippen molar-refractivity contribution in [3.63, 3.8) is 0 Å². The molecule has 8 nitrogen and oxygen atoms in total. The molecule has 0 aliphatic carbocycles. The zero-order valence-corrected chi connectivity index (χ0v) is 33.3. The van der Waals surface area contributed by atoms with Gasteiger partial charge in [0.2, 0.25) is 0 Å². The van der Waals surface area contributed by atoms with Crippen molar-refractivity contribution in [2.75, 3.05) is 33.0 Å². The molecule has 0 aromatic carbocycles. The third kappa shape index (κ3) is 38.6. The first-order valence-electron chi connectivity index (χ1n) is 21.0. The van der Waals surface area contributed by atoms with Gasteiger partial charge in [0.05, 0.1) is 19.8 Å². The molecule has 0 aromatic rings. The molecule has 0 fully saturated rings. The number of phosphoric ester groups is 1. The Morgan fingerprint density at radius 3 is 1.29 bits per heavy atom. The number of esters is 1. The molecular formula is C40H82NO7P. The Labute approximate surface area is 303 Å². The number of rotatable bonds is 41. The third-order valence-corrected chi connectivity index (χ3v) is 10.3. The zero-order valence-electron chi connectivity index (χ0n) is 32.5. The van der Waals surface area contributed by atoms with E-state index in [4.69, 9.17) is 24.3 Å². The van der Waals surface area contributed by atoms with Crippen LogP contribution in [0, 0.1) is 0 Å². The summed E-state index contributed by atoms with van der Waals surface area (Å²) in [5, 5.41) is 0. The molecule has 2 unspecified atom stereocenters. The summed E-state index contributed by atoms with van der Waals surface area (Å²) >= 11 is 0. The summed E-state index contributed by atoms with van der Waals surface area (Å²) < 4.78 is 33.4. The summed E-state index contributed by atoms with van der Waals surface area (Å²) in [4.78, 5) is 22.4. The Bertz CT molecular complexity index is 727. The van der Waals surface area contributed by atoms with Gasteiger partial charge in [0.25, 0.3) is 0 Å². The van der Waals surface area contributed by atoms with Crippen molar-refractivity contribution in [1.29, 1.82) is 0 Å². The van der Waals surface area contributed by atoms with Crippen molar-refractivity contribution in [2.24, 2.45) is 5.73 Å². The van der Waals surface area contributed by atoms with E-state index in [1.165, 1.54) is 161 Å². The Balaban J connectivity index is 3.99. The molecule has 0 aliphatic heterocycles. The molecule has 0 bridgehead atoms. The van der Waals surface area contributed by atoms with Crippen LogP contribution in [0.3, 0.4) is 0 Å². The number of hydrogen-bond acceptors (Lipinski definition) is 7. The number of unbranched alkanes of at least 4 members (excludes halogenated alkanes) is 28. The predicted molar refractivity (Wildman–Crippen MR) is 206 cm³/mol. The second-order valence-corrected chi connectivity index (χ2v) is 15.7. The van der Waals surface area contributed by atoms with Crippen molar-refractivity contribution in [3.8, 4) is 0 Å². The van der Waals surface area contributed by atoms with Crippen molar-refractivity contribution in [2.45, 2.75) is 219 Å². The predicted octanol–water partition coefficient (Wildman–Crippen LogP) is 12.1. The molecule has 0 aromatic heterocycles. The first-order valence-corrected chi connectivity index (χ1v) is 22.5. The van der Waals surface area contributed by atoms with E-state index in [1.54, 1.807) is 0 Å². The lowest BCUT2D eigenvalue weighted by Crippen LogP contribution is -2.28. The molecule has 0 radical (unpaired) electrons. The minimum absolute atomic E-state index is 0.0902. The minimum Gasteiger partial charge on any atom is -0.457 e. The fourth-order valence-corrected chi connectivity index (χ4v) is 6.94.